The first-order chi connectivity index (χ1) is 16.3. The third kappa shape index (κ3) is 5.90. The van der Waals surface area contributed by atoms with E-state index in [1.165, 1.54) is 32.4 Å². The van der Waals surface area contributed by atoms with Crippen molar-refractivity contribution in [3.05, 3.63) is 66.2 Å². The van der Waals surface area contributed by atoms with Crippen LogP contribution in [0, 0.1) is 0 Å². The Bertz CT molecular complexity index is 1280. The number of para-hydroxylation sites is 2. The first-order valence-corrected chi connectivity index (χ1v) is 11.8. The molecule has 0 radical (unpaired) electrons. The summed E-state index contributed by atoms with van der Waals surface area (Å²) in [5.41, 5.74) is 1.01. The number of benzene rings is 3. The van der Waals surface area contributed by atoms with Crippen LogP contribution in [0.4, 0.5) is 11.4 Å². The fourth-order valence-electron chi connectivity index (χ4n) is 3.25. The van der Waals surface area contributed by atoms with Crippen LogP contribution in [0.1, 0.15) is 12.0 Å². The number of hydrogen-bond acceptors (Lipinski definition) is 7. The number of carbonyl (C=O) groups excluding carboxylic acids is 1. The molecule has 34 heavy (non-hydrogen) atoms. The number of amides is 1. The Balaban J connectivity index is 1.74. The predicted molar refractivity (Wildman–Crippen MR) is 128 cm³/mol. The number of nitrogens with one attached hydrogen (secondary N) is 2. The zero-order valence-corrected chi connectivity index (χ0v) is 19.8. The molecular formula is C24H26N2O7S. The average Bonchev–Trinajstić information content (AvgIpc) is 2.83. The van der Waals surface area contributed by atoms with E-state index in [4.69, 9.17) is 14.2 Å². The fourth-order valence-corrected chi connectivity index (χ4v) is 4.35. The van der Waals surface area contributed by atoms with E-state index in [-0.39, 0.29) is 28.4 Å². The van der Waals surface area contributed by atoms with Gasteiger partial charge in [0.2, 0.25) is 5.91 Å². The van der Waals surface area contributed by atoms with Crippen LogP contribution in [0.25, 0.3) is 0 Å². The summed E-state index contributed by atoms with van der Waals surface area (Å²) < 4.78 is 43.9. The van der Waals surface area contributed by atoms with Gasteiger partial charge in [0.05, 0.1) is 37.6 Å². The molecule has 0 saturated heterocycles. The van der Waals surface area contributed by atoms with Crippen LogP contribution in [0.3, 0.4) is 0 Å². The van der Waals surface area contributed by atoms with Gasteiger partial charge < -0.3 is 24.6 Å². The van der Waals surface area contributed by atoms with E-state index in [0.717, 1.165) is 5.56 Å². The maximum Gasteiger partial charge on any atom is 0.262 e. The minimum absolute atomic E-state index is 0.0227. The van der Waals surface area contributed by atoms with Gasteiger partial charge in [0.25, 0.3) is 10.0 Å². The lowest BCUT2D eigenvalue weighted by molar-refractivity contribution is -0.116. The highest BCUT2D eigenvalue weighted by Crippen LogP contribution is 2.30. The summed E-state index contributed by atoms with van der Waals surface area (Å²) in [7, 11) is 0.500. The second-order valence-electron chi connectivity index (χ2n) is 7.21. The molecule has 0 fully saturated rings. The highest BCUT2D eigenvalue weighted by molar-refractivity contribution is 7.92. The molecule has 0 unspecified atom stereocenters. The maximum absolute atomic E-state index is 12.9. The minimum Gasteiger partial charge on any atom is -0.506 e. The lowest BCUT2D eigenvalue weighted by Gasteiger charge is -2.14. The molecule has 10 heteroatoms. The second kappa shape index (κ2) is 10.8. The predicted octanol–water partition coefficient (Wildman–Crippen LogP) is 3.79. The summed E-state index contributed by atoms with van der Waals surface area (Å²) >= 11 is 0. The maximum atomic E-state index is 12.9. The van der Waals surface area contributed by atoms with Crippen LogP contribution in [-0.4, -0.2) is 40.8 Å². The number of sulfonamides is 1. The smallest absolute Gasteiger partial charge is 0.262 e. The van der Waals surface area contributed by atoms with Crippen LogP contribution in [0.15, 0.2) is 65.6 Å². The number of aromatic hydroxyl groups is 1. The van der Waals surface area contributed by atoms with Gasteiger partial charge in [0.15, 0.2) is 0 Å². The second-order valence-corrected chi connectivity index (χ2v) is 8.89. The summed E-state index contributed by atoms with van der Waals surface area (Å²) in [4.78, 5) is 12.4. The number of ether oxygens (including phenoxy) is 3. The van der Waals surface area contributed by atoms with Crippen LogP contribution < -0.4 is 24.2 Å². The number of aryl methyl sites for hydroxylation is 1. The molecule has 0 spiro atoms. The van der Waals surface area contributed by atoms with Crippen molar-refractivity contribution in [1.29, 1.82) is 0 Å². The molecule has 0 saturated carbocycles. The van der Waals surface area contributed by atoms with E-state index in [1.807, 2.05) is 0 Å². The van der Waals surface area contributed by atoms with Gasteiger partial charge >= 0.3 is 0 Å². The van der Waals surface area contributed by atoms with Crippen molar-refractivity contribution in [3.63, 3.8) is 0 Å². The van der Waals surface area contributed by atoms with Gasteiger partial charge in [-0.1, -0.05) is 12.1 Å². The molecule has 0 aromatic heterocycles. The Morgan fingerprint density at radius 2 is 1.62 bits per heavy atom. The van der Waals surface area contributed by atoms with Crippen LogP contribution in [0.2, 0.25) is 0 Å². The van der Waals surface area contributed by atoms with Crippen molar-refractivity contribution in [2.24, 2.45) is 0 Å². The molecule has 1 amide bonds. The van der Waals surface area contributed by atoms with Gasteiger partial charge in [-0.3, -0.25) is 9.52 Å². The zero-order valence-electron chi connectivity index (χ0n) is 19.0. The summed E-state index contributed by atoms with van der Waals surface area (Å²) in [5.74, 6) is 0.934. The van der Waals surface area contributed by atoms with Crippen molar-refractivity contribution >= 4 is 27.3 Å². The Hall–Kier alpha value is -3.92. The number of phenols is 1. The molecule has 3 aromatic rings. The Kier molecular flexibility index (Phi) is 7.85. The van der Waals surface area contributed by atoms with E-state index < -0.39 is 15.9 Å². The van der Waals surface area contributed by atoms with E-state index >= 15 is 0 Å². The highest BCUT2D eigenvalue weighted by atomic mass is 32.2. The van der Waals surface area contributed by atoms with Gasteiger partial charge in [-0.25, -0.2) is 8.42 Å². The number of anilines is 2. The summed E-state index contributed by atoms with van der Waals surface area (Å²) in [5, 5.41) is 12.7. The normalized spacial score (nSPS) is 10.9. The molecule has 0 atom stereocenters. The minimum atomic E-state index is -4.02. The molecule has 0 aliphatic rings. The molecule has 0 aliphatic heterocycles. The van der Waals surface area contributed by atoms with Gasteiger partial charge in [0, 0.05) is 6.42 Å². The molecule has 3 aromatic carbocycles. The molecule has 9 nitrogen and oxygen atoms in total. The quantitative estimate of drug-likeness (QED) is 0.373. The molecule has 0 bridgehead atoms. The van der Waals surface area contributed by atoms with Gasteiger partial charge in [-0.2, -0.15) is 0 Å². The molecule has 0 aliphatic carbocycles. The van der Waals surface area contributed by atoms with E-state index in [1.54, 1.807) is 49.6 Å². The highest BCUT2D eigenvalue weighted by Gasteiger charge is 2.19. The SMILES string of the molecule is COc1ccc(OC)c(CCC(=O)Nc2cc(S(=O)(=O)Nc3ccccc3OC)ccc2O)c1. The summed E-state index contributed by atoms with van der Waals surface area (Å²) in [6.07, 6.45) is 0.416. The summed E-state index contributed by atoms with van der Waals surface area (Å²) in [6.45, 7) is 0. The first-order valence-electron chi connectivity index (χ1n) is 10.3. The van der Waals surface area contributed by atoms with Gasteiger partial charge in [-0.05, 0) is 60.5 Å². The number of hydrogen-bond donors (Lipinski definition) is 3. The summed E-state index contributed by atoms with van der Waals surface area (Å²) in [6, 6.07) is 15.5. The topological polar surface area (TPSA) is 123 Å². The van der Waals surface area contributed by atoms with E-state index in [9.17, 15) is 18.3 Å². The molecular weight excluding hydrogens is 460 g/mol. The number of carbonyl (C=O) groups is 1. The standard InChI is InChI=1S/C24H26N2O7S/c1-31-17-9-12-22(32-2)16(14-17)8-13-24(28)25-20-15-18(10-11-21(20)27)34(29,30)26-19-6-4-5-7-23(19)33-3/h4-7,9-12,14-15,26-27H,8,13H2,1-3H3,(H,25,28). The molecule has 0 heterocycles. The Labute approximate surface area is 198 Å². The first kappa shape index (κ1) is 24.7. The van der Waals surface area contributed by atoms with Crippen molar-refractivity contribution < 1.29 is 32.5 Å². The third-order valence-corrected chi connectivity index (χ3v) is 6.38. The van der Waals surface area contributed by atoms with Crippen LogP contribution in [0.5, 0.6) is 23.0 Å². The van der Waals surface area contributed by atoms with Crippen LogP contribution in [-0.2, 0) is 21.2 Å². The van der Waals surface area contributed by atoms with E-state index in [0.29, 0.717) is 23.7 Å². The molecule has 3 rings (SSSR count). The molecule has 180 valence electrons. The van der Waals surface area contributed by atoms with Gasteiger partial charge in [0.1, 0.15) is 23.0 Å². The van der Waals surface area contributed by atoms with Crippen molar-refractivity contribution in [2.75, 3.05) is 31.4 Å². The number of methoxy groups -OCH3 is 3. The Morgan fingerprint density at radius 1 is 0.882 bits per heavy atom. The lowest BCUT2D eigenvalue weighted by Crippen LogP contribution is -2.16. The number of rotatable bonds is 10. The van der Waals surface area contributed by atoms with E-state index in [2.05, 4.69) is 10.0 Å². The van der Waals surface area contributed by atoms with Crippen LogP contribution >= 0.6 is 0 Å². The van der Waals surface area contributed by atoms with Crippen molar-refractivity contribution in [3.8, 4) is 23.0 Å². The average molecular weight is 487 g/mol. The third-order valence-electron chi connectivity index (χ3n) is 5.01. The zero-order chi connectivity index (χ0) is 24.7. The largest absolute Gasteiger partial charge is 0.506 e. The number of phenolic OH excluding ortho intramolecular Hbond substituents is 1. The monoisotopic (exact) mass is 486 g/mol. The van der Waals surface area contributed by atoms with Gasteiger partial charge in [-0.15, -0.1) is 0 Å². The fraction of sp³-hybridized carbons (Fsp3) is 0.208. The molecule has 3 N–H and O–H groups in total. The Morgan fingerprint density at radius 3 is 2.32 bits per heavy atom. The van der Waals surface area contributed by atoms with Crippen molar-refractivity contribution in [2.45, 2.75) is 17.7 Å². The van der Waals surface area contributed by atoms with Crippen molar-refractivity contribution in [1.82, 2.24) is 0 Å². The lowest BCUT2D eigenvalue weighted by atomic mass is 10.1.